The predicted octanol–water partition coefficient (Wildman–Crippen LogP) is -1.10. The van der Waals surface area contributed by atoms with Crippen LogP contribution >= 0.6 is 0 Å². The Morgan fingerprint density at radius 3 is 2.11 bits per heavy atom. The van der Waals surface area contributed by atoms with Crippen LogP contribution in [0.3, 0.4) is 0 Å². The van der Waals surface area contributed by atoms with Crippen molar-refractivity contribution in [1.29, 1.82) is 0 Å². The van der Waals surface area contributed by atoms with Crippen LogP contribution in [0, 0.1) is 0 Å². The number of nitrogens with zero attached hydrogens (tertiary/aromatic N) is 2. The Hall–Kier alpha value is -1.15. The minimum Gasteiger partial charge on any atom is -0.480 e. The molecule has 1 N–H and O–H groups in total. The number of amides is 1. The molecule has 1 amide bonds. The Morgan fingerprint density at radius 1 is 1.17 bits per heavy atom. The smallest absolute Gasteiger partial charge is 0.323 e. The molecule has 106 valence electrons. The zero-order chi connectivity index (χ0) is 14.3. The Morgan fingerprint density at radius 2 is 1.72 bits per heavy atom. The summed E-state index contributed by atoms with van der Waals surface area (Å²) in [6.07, 6.45) is 0.862. The van der Waals surface area contributed by atoms with E-state index in [-0.39, 0.29) is 18.7 Å². The fourth-order valence-corrected chi connectivity index (χ4v) is 1.75. The molecule has 0 aromatic heterocycles. The first-order valence-corrected chi connectivity index (χ1v) is 7.50. The van der Waals surface area contributed by atoms with E-state index in [9.17, 15) is 18.0 Å². The van der Waals surface area contributed by atoms with Crippen molar-refractivity contribution in [1.82, 2.24) is 9.80 Å². The van der Waals surface area contributed by atoms with Gasteiger partial charge in [0.1, 0.15) is 16.4 Å². The molecule has 0 aromatic rings. The quantitative estimate of drug-likeness (QED) is 0.606. The molecule has 0 spiro atoms. The molecule has 0 saturated heterocycles. The molecule has 0 aliphatic carbocycles. The molecular weight excluding hydrogens is 260 g/mol. The first-order valence-electron chi connectivity index (χ1n) is 5.44. The van der Waals surface area contributed by atoms with Crippen LogP contribution in [0.5, 0.6) is 0 Å². The molecule has 0 atom stereocenters. The summed E-state index contributed by atoms with van der Waals surface area (Å²) in [5, 5.41) is 8.70. The Kier molecular flexibility index (Phi) is 6.85. The third kappa shape index (κ3) is 8.94. The molecule has 7 nitrogen and oxygen atoms in total. The average Bonchev–Trinajstić information content (AvgIpc) is 2.19. The summed E-state index contributed by atoms with van der Waals surface area (Å²) < 4.78 is 21.9. The fourth-order valence-electron chi connectivity index (χ4n) is 1.21. The first kappa shape index (κ1) is 16.9. The van der Waals surface area contributed by atoms with Crippen molar-refractivity contribution in [3.8, 4) is 0 Å². The Labute approximate surface area is 107 Å². The number of rotatable bonds is 8. The minimum atomic E-state index is -3.22. The number of likely N-dealkylation sites (N-methyl/N-ethyl adjacent to an activating group) is 1. The summed E-state index contributed by atoms with van der Waals surface area (Å²) in [6, 6.07) is 0. The number of aliphatic carboxylic acids is 1. The van der Waals surface area contributed by atoms with Crippen molar-refractivity contribution in [3.63, 3.8) is 0 Å². The van der Waals surface area contributed by atoms with E-state index < -0.39 is 28.3 Å². The second-order valence-electron chi connectivity index (χ2n) is 4.39. The number of hydrogen-bond acceptors (Lipinski definition) is 5. The summed E-state index contributed by atoms with van der Waals surface area (Å²) in [5.41, 5.74) is 0. The van der Waals surface area contributed by atoms with Crippen molar-refractivity contribution >= 4 is 21.7 Å². The lowest BCUT2D eigenvalue weighted by molar-refractivity contribution is -0.144. The van der Waals surface area contributed by atoms with Crippen LogP contribution in [0.4, 0.5) is 0 Å². The van der Waals surface area contributed by atoms with Crippen LogP contribution in [-0.2, 0) is 19.4 Å². The maximum absolute atomic E-state index is 11.7. The summed E-state index contributed by atoms with van der Waals surface area (Å²) >= 11 is 0. The van der Waals surface area contributed by atoms with Crippen molar-refractivity contribution in [2.24, 2.45) is 0 Å². The highest BCUT2D eigenvalue weighted by Gasteiger charge is 2.18. The predicted molar refractivity (Wildman–Crippen MR) is 67.1 cm³/mol. The topological polar surface area (TPSA) is 95.0 Å². The zero-order valence-electron chi connectivity index (χ0n) is 10.9. The van der Waals surface area contributed by atoms with E-state index in [4.69, 9.17) is 5.11 Å². The minimum absolute atomic E-state index is 0.181. The van der Waals surface area contributed by atoms with Gasteiger partial charge >= 0.3 is 5.97 Å². The lowest BCUT2D eigenvalue weighted by atomic mass is 10.3. The van der Waals surface area contributed by atoms with Crippen LogP contribution in [0.1, 0.15) is 6.42 Å². The van der Waals surface area contributed by atoms with Gasteiger partial charge in [-0.2, -0.15) is 0 Å². The highest BCUT2D eigenvalue weighted by molar-refractivity contribution is 7.90. The first-order chi connectivity index (χ1) is 8.11. The highest BCUT2D eigenvalue weighted by Crippen LogP contribution is 1.98. The molecular formula is C10H20N2O5S. The third-order valence-corrected chi connectivity index (χ3v) is 3.13. The van der Waals surface area contributed by atoms with Crippen LogP contribution < -0.4 is 0 Å². The molecule has 0 unspecified atom stereocenters. The molecule has 0 aromatic carbocycles. The lowest BCUT2D eigenvalue weighted by Crippen LogP contribution is -2.40. The van der Waals surface area contributed by atoms with Gasteiger partial charge in [-0.1, -0.05) is 0 Å². The second-order valence-corrected chi connectivity index (χ2v) is 6.65. The number of carboxylic acid groups (broad SMARTS) is 1. The number of hydrogen-bond donors (Lipinski definition) is 1. The maximum Gasteiger partial charge on any atom is 0.323 e. The molecule has 0 heterocycles. The molecule has 0 bridgehead atoms. The standard InChI is InChI=1S/C10H20N2O5S/c1-11(2)5-6-12(8-10(14)15)9(13)4-7-18(3,16)17/h4-8H2,1-3H3,(H,14,15). The molecule has 0 radical (unpaired) electrons. The number of sulfone groups is 1. The molecule has 0 aliphatic heterocycles. The van der Waals surface area contributed by atoms with Crippen LogP contribution in [0.2, 0.25) is 0 Å². The monoisotopic (exact) mass is 280 g/mol. The highest BCUT2D eigenvalue weighted by atomic mass is 32.2. The Bertz CT molecular complexity index is 391. The van der Waals surface area contributed by atoms with Gasteiger partial charge in [-0.3, -0.25) is 9.59 Å². The molecule has 0 fully saturated rings. The molecule has 18 heavy (non-hydrogen) atoms. The van der Waals surface area contributed by atoms with Crippen molar-refractivity contribution < 1.29 is 23.1 Å². The van der Waals surface area contributed by atoms with Crippen LogP contribution in [0.25, 0.3) is 0 Å². The summed E-state index contributed by atoms with van der Waals surface area (Å²) in [5.74, 6) is -1.82. The molecule has 0 saturated carbocycles. The zero-order valence-corrected chi connectivity index (χ0v) is 11.7. The van der Waals surface area contributed by atoms with E-state index in [1.165, 1.54) is 0 Å². The van der Waals surface area contributed by atoms with Gasteiger partial charge in [-0.15, -0.1) is 0 Å². The van der Waals surface area contributed by atoms with Gasteiger partial charge in [0.25, 0.3) is 0 Å². The van der Waals surface area contributed by atoms with Crippen molar-refractivity contribution in [3.05, 3.63) is 0 Å². The largest absolute Gasteiger partial charge is 0.480 e. The molecule has 8 heteroatoms. The van der Waals surface area contributed by atoms with E-state index >= 15 is 0 Å². The van der Waals surface area contributed by atoms with E-state index in [0.29, 0.717) is 6.54 Å². The van der Waals surface area contributed by atoms with Crippen LogP contribution in [-0.4, -0.2) is 80.9 Å². The second kappa shape index (κ2) is 7.32. The summed E-state index contributed by atoms with van der Waals surface area (Å²) in [6.45, 7) is 0.385. The number of carboxylic acids is 1. The van der Waals surface area contributed by atoms with Gasteiger partial charge in [0.05, 0.1) is 5.75 Å². The van der Waals surface area contributed by atoms with E-state index in [1.807, 2.05) is 4.90 Å². The average molecular weight is 280 g/mol. The van der Waals surface area contributed by atoms with Crippen LogP contribution in [0.15, 0.2) is 0 Å². The maximum atomic E-state index is 11.7. The van der Waals surface area contributed by atoms with Gasteiger partial charge < -0.3 is 14.9 Å². The van der Waals surface area contributed by atoms with E-state index in [1.54, 1.807) is 14.1 Å². The Balaban J connectivity index is 4.44. The van der Waals surface area contributed by atoms with Gasteiger partial charge in [-0.05, 0) is 14.1 Å². The normalized spacial score (nSPS) is 11.6. The SMILES string of the molecule is CN(C)CCN(CC(=O)O)C(=O)CCS(C)(=O)=O. The number of carbonyl (C=O) groups is 2. The number of carbonyl (C=O) groups excluding carboxylic acids is 1. The lowest BCUT2D eigenvalue weighted by Gasteiger charge is -2.22. The van der Waals surface area contributed by atoms with Crippen molar-refractivity contribution in [2.45, 2.75) is 6.42 Å². The van der Waals surface area contributed by atoms with Gasteiger partial charge in [-0.25, -0.2) is 8.42 Å². The third-order valence-electron chi connectivity index (χ3n) is 2.18. The van der Waals surface area contributed by atoms with E-state index in [2.05, 4.69) is 0 Å². The van der Waals surface area contributed by atoms with Crippen molar-refractivity contribution in [2.75, 3.05) is 45.7 Å². The van der Waals surface area contributed by atoms with Gasteiger partial charge in [0.15, 0.2) is 0 Å². The summed E-state index contributed by atoms with van der Waals surface area (Å²) in [7, 11) is 0.393. The van der Waals surface area contributed by atoms with E-state index in [0.717, 1.165) is 11.2 Å². The van der Waals surface area contributed by atoms with Gasteiger partial charge in [0, 0.05) is 25.8 Å². The fraction of sp³-hybridized carbons (Fsp3) is 0.800. The van der Waals surface area contributed by atoms with Gasteiger partial charge in [0.2, 0.25) is 5.91 Å². The molecule has 0 rings (SSSR count). The summed E-state index contributed by atoms with van der Waals surface area (Å²) in [4.78, 5) is 25.3. The molecule has 0 aliphatic rings.